The second-order valence-electron chi connectivity index (χ2n) is 6.22. The van der Waals surface area contributed by atoms with Gasteiger partial charge in [-0.1, -0.05) is 13.8 Å². The molecule has 1 aromatic heterocycles. The second kappa shape index (κ2) is 5.94. The molecule has 0 radical (unpaired) electrons. The van der Waals surface area contributed by atoms with Crippen LogP contribution >= 0.6 is 11.3 Å². The van der Waals surface area contributed by atoms with Gasteiger partial charge in [-0.05, 0) is 24.7 Å². The number of nitrogen functional groups attached to an aromatic ring is 1. The van der Waals surface area contributed by atoms with E-state index in [9.17, 15) is 10.1 Å². The molecule has 3 N–H and O–H groups in total. The highest BCUT2D eigenvalue weighted by Crippen LogP contribution is 2.40. The summed E-state index contributed by atoms with van der Waals surface area (Å²) in [6.07, 6.45) is 3.34. The number of thiophene rings is 1. The summed E-state index contributed by atoms with van der Waals surface area (Å²) >= 11 is 1.33. The van der Waals surface area contributed by atoms with E-state index in [0.29, 0.717) is 21.5 Å². The number of hydrogen-bond acceptors (Lipinski definition) is 5. The van der Waals surface area contributed by atoms with Crippen LogP contribution in [0.2, 0.25) is 0 Å². The Morgan fingerprint density at radius 1 is 1.43 bits per heavy atom. The van der Waals surface area contributed by atoms with Crippen molar-refractivity contribution in [3.63, 3.8) is 0 Å². The summed E-state index contributed by atoms with van der Waals surface area (Å²) < 4.78 is 0. The lowest BCUT2D eigenvalue weighted by molar-refractivity contribution is 0.0968. The Bertz CT molecular complexity index is 585. The van der Waals surface area contributed by atoms with E-state index in [1.807, 2.05) is 0 Å². The van der Waals surface area contributed by atoms with Crippen LogP contribution in [0.1, 0.15) is 48.3 Å². The first-order valence-electron chi connectivity index (χ1n) is 7.19. The molecule has 1 aliphatic heterocycles. The van der Waals surface area contributed by atoms with Crippen molar-refractivity contribution in [2.24, 2.45) is 5.41 Å². The van der Waals surface area contributed by atoms with Crippen molar-refractivity contribution in [1.82, 2.24) is 5.32 Å². The van der Waals surface area contributed by atoms with Gasteiger partial charge in [0.25, 0.3) is 5.91 Å². The zero-order valence-electron chi connectivity index (χ0n) is 12.8. The molecule has 2 rings (SSSR count). The molecule has 0 aliphatic carbocycles. The number of nitrogens with two attached hydrogens (primary N) is 1. The first kappa shape index (κ1) is 15.6. The molecular weight excluding hydrogens is 284 g/mol. The molecule has 21 heavy (non-hydrogen) atoms. The van der Waals surface area contributed by atoms with Gasteiger partial charge in [-0.25, -0.2) is 0 Å². The van der Waals surface area contributed by atoms with Crippen LogP contribution in [0.5, 0.6) is 0 Å². The molecule has 0 bridgehead atoms. The minimum absolute atomic E-state index is 0.226. The first-order chi connectivity index (χ1) is 9.89. The molecule has 0 aromatic carbocycles. The van der Waals surface area contributed by atoms with E-state index >= 15 is 0 Å². The van der Waals surface area contributed by atoms with Crippen molar-refractivity contribution < 1.29 is 4.79 Å². The van der Waals surface area contributed by atoms with Gasteiger partial charge in [-0.2, -0.15) is 5.26 Å². The molecule has 0 spiro atoms. The van der Waals surface area contributed by atoms with Gasteiger partial charge in [0, 0.05) is 20.1 Å². The van der Waals surface area contributed by atoms with E-state index in [0.717, 1.165) is 30.9 Å². The Morgan fingerprint density at radius 3 is 2.76 bits per heavy atom. The topological polar surface area (TPSA) is 82.2 Å². The van der Waals surface area contributed by atoms with Crippen LogP contribution in [0.3, 0.4) is 0 Å². The molecule has 5 nitrogen and oxygen atoms in total. The number of anilines is 2. The Balaban J connectivity index is 2.35. The number of hydrogen-bond donors (Lipinski definition) is 2. The molecule has 0 atom stereocenters. The number of carbonyl (C=O) groups excluding carboxylic acids is 1. The fourth-order valence-corrected chi connectivity index (χ4v) is 3.84. The Kier molecular flexibility index (Phi) is 4.43. The molecule has 114 valence electrons. The van der Waals surface area contributed by atoms with E-state index in [-0.39, 0.29) is 5.91 Å². The Labute approximate surface area is 129 Å². The predicted octanol–water partition coefficient (Wildman–Crippen LogP) is 2.58. The lowest BCUT2D eigenvalue weighted by Gasteiger charge is -2.24. The highest BCUT2D eigenvalue weighted by atomic mass is 32.1. The van der Waals surface area contributed by atoms with Gasteiger partial charge in [0.2, 0.25) is 0 Å². The largest absolute Gasteiger partial charge is 0.396 e. The van der Waals surface area contributed by atoms with Crippen LogP contribution in [0, 0.1) is 16.7 Å². The third kappa shape index (κ3) is 3.13. The third-order valence-electron chi connectivity index (χ3n) is 4.10. The van der Waals surface area contributed by atoms with Gasteiger partial charge in [-0.15, -0.1) is 11.3 Å². The monoisotopic (exact) mass is 306 g/mol. The van der Waals surface area contributed by atoms with Gasteiger partial charge in [0.05, 0.1) is 5.69 Å². The number of nitrogens with one attached hydrogen (secondary N) is 1. The van der Waals surface area contributed by atoms with Crippen LogP contribution < -0.4 is 16.0 Å². The first-order valence-corrected chi connectivity index (χ1v) is 8.00. The fraction of sp³-hybridized carbons (Fsp3) is 0.600. The van der Waals surface area contributed by atoms with Crippen molar-refractivity contribution in [2.75, 3.05) is 30.8 Å². The Hall–Kier alpha value is -1.74. The van der Waals surface area contributed by atoms with Crippen molar-refractivity contribution in [3.8, 4) is 6.07 Å². The highest BCUT2D eigenvalue weighted by Gasteiger charge is 2.28. The molecule has 1 fully saturated rings. The average molecular weight is 306 g/mol. The van der Waals surface area contributed by atoms with Crippen molar-refractivity contribution in [2.45, 2.75) is 33.1 Å². The van der Waals surface area contributed by atoms with Gasteiger partial charge in [-0.3, -0.25) is 4.79 Å². The van der Waals surface area contributed by atoms with Gasteiger partial charge < -0.3 is 16.0 Å². The lowest BCUT2D eigenvalue weighted by atomic mass is 9.85. The molecule has 0 saturated carbocycles. The van der Waals surface area contributed by atoms with Crippen LogP contribution in [0.4, 0.5) is 10.7 Å². The van der Waals surface area contributed by atoms with Crippen LogP contribution in [0.15, 0.2) is 0 Å². The average Bonchev–Trinajstić information content (AvgIpc) is 2.66. The van der Waals surface area contributed by atoms with E-state index < -0.39 is 0 Å². The SMILES string of the molecule is CNC(=O)c1sc(N2CCCC(C)(C)CC2)c(C#N)c1N. The predicted molar refractivity (Wildman–Crippen MR) is 86.7 cm³/mol. The van der Waals surface area contributed by atoms with E-state index in [2.05, 4.69) is 30.1 Å². The molecule has 0 unspecified atom stereocenters. The zero-order chi connectivity index (χ0) is 15.6. The van der Waals surface area contributed by atoms with Crippen LogP contribution in [-0.4, -0.2) is 26.0 Å². The normalized spacial score (nSPS) is 17.9. The van der Waals surface area contributed by atoms with Gasteiger partial charge in [0.1, 0.15) is 21.5 Å². The van der Waals surface area contributed by atoms with Crippen molar-refractivity contribution in [3.05, 3.63) is 10.4 Å². The summed E-state index contributed by atoms with van der Waals surface area (Å²) in [5.74, 6) is -0.226. The maximum absolute atomic E-state index is 11.9. The maximum Gasteiger partial charge on any atom is 0.263 e. The third-order valence-corrected chi connectivity index (χ3v) is 5.36. The van der Waals surface area contributed by atoms with Crippen molar-refractivity contribution in [1.29, 1.82) is 5.26 Å². The quantitative estimate of drug-likeness (QED) is 0.880. The second-order valence-corrected chi connectivity index (χ2v) is 7.22. The van der Waals surface area contributed by atoms with E-state index in [4.69, 9.17) is 5.73 Å². The summed E-state index contributed by atoms with van der Waals surface area (Å²) in [4.78, 5) is 14.5. The minimum atomic E-state index is -0.226. The van der Waals surface area contributed by atoms with Crippen LogP contribution in [-0.2, 0) is 0 Å². The molecule has 1 aromatic rings. The van der Waals surface area contributed by atoms with Gasteiger partial charge >= 0.3 is 0 Å². The smallest absolute Gasteiger partial charge is 0.263 e. The number of carbonyl (C=O) groups is 1. The molecule has 1 amide bonds. The molecule has 1 saturated heterocycles. The molecular formula is C15H22N4OS. The standard InChI is InChI=1S/C15H22N4OS/c1-15(2)5-4-7-19(8-6-15)14-10(9-16)11(17)12(21-14)13(20)18-3/h4-8,17H2,1-3H3,(H,18,20). The van der Waals surface area contributed by atoms with Crippen LogP contribution in [0.25, 0.3) is 0 Å². The number of nitriles is 1. The van der Waals surface area contributed by atoms with E-state index in [1.165, 1.54) is 17.8 Å². The Morgan fingerprint density at radius 2 is 2.14 bits per heavy atom. The summed E-state index contributed by atoms with van der Waals surface area (Å²) in [5, 5.41) is 12.8. The zero-order valence-corrected chi connectivity index (χ0v) is 13.6. The highest BCUT2D eigenvalue weighted by molar-refractivity contribution is 7.19. The summed E-state index contributed by atoms with van der Waals surface area (Å²) in [6.45, 7) is 6.36. The number of amides is 1. The number of rotatable bonds is 2. The van der Waals surface area contributed by atoms with Crippen molar-refractivity contribution >= 4 is 27.9 Å². The molecule has 2 heterocycles. The number of nitrogens with zero attached hydrogens (tertiary/aromatic N) is 2. The van der Waals surface area contributed by atoms with E-state index in [1.54, 1.807) is 7.05 Å². The summed E-state index contributed by atoms with van der Waals surface area (Å²) in [5.41, 5.74) is 7.07. The van der Waals surface area contributed by atoms with Gasteiger partial charge in [0.15, 0.2) is 0 Å². The fourth-order valence-electron chi connectivity index (χ4n) is 2.67. The summed E-state index contributed by atoms with van der Waals surface area (Å²) in [7, 11) is 1.57. The summed E-state index contributed by atoms with van der Waals surface area (Å²) in [6, 6.07) is 2.17. The minimum Gasteiger partial charge on any atom is -0.396 e. The molecule has 1 aliphatic rings. The maximum atomic E-state index is 11.9. The lowest BCUT2D eigenvalue weighted by Crippen LogP contribution is -2.24. The molecule has 6 heteroatoms.